The van der Waals surface area contributed by atoms with Gasteiger partial charge in [0.05, 0.1) is 5.69 Å². The lowest BCUT2D eigenvalue weighted by Crippen LogP contribution is -2.50. The molecule has 1 aliphatic carbocycles. The molecule has 1 saturated carbocycles. The molecule has 6 rings (SSSR count). The van der Waals surface area contributed by atoms with Gasteiger partial charge in [0.1, 0.15) is 0 Å². The summed E-state index contributed by atoms with van der Waals surface area (Å²) < 4.78 is 2.24. The quantitative estimate of drug-likeness (QED) is 0.364. The standard InChI is InChI=1S/C34H44N4O2/c1-2-38-32(23-30(35-38)21-26-9-5-3-6-10-26)27-15-18-36(19-16-27)24-34(29-11-7-4-8-12-29)17-20-37(25-34)31-14-13-28(31)22-33(39)40/h3-12,23,27-28,31H,2,13-22,24-25H2,1H3,(H,39,40)/t28?,31-,34+/m1/s1. The third-order valence-corrected chi connectivity index (χ3v) is 9.97. The molecule has 1 aromatic heterocycles. The van der Waals surface area contributed by atoms with Crippen LogP contribution in [0.25, 0.3) is 0 Å². The van der Waals surface area contributed by atoms with Crippen LogP contribution in [0, 0.1) is 5.92 Å². The molecule has 212 valence electrons. The summed E-state index contributed by atoms with van der Waals surface area (Å²) in [5, 5.41) is 14.4. The van der Waals surface area contributed by atoms with E-state index in [1.807, 2.05) is 0 Å². The van der Waals surface area contributed by atoms with Gasteiger partial charge in [0.15, 0.2) is 0 Å². The number of aromatic nitrogens is 2. The number of aliphatic carboxylic acids is 1. The molecule has 6 nitrogen and oxygen atoms in total. The van der Waals surface area contributed by atoms with E-state index in [9.17, 15) is 9.90 Å². The molecule has 0 spiro atoms. The summed E-state index contributed by atoms with van der Waals surface area (Å²) in [6.07, 6.45) is 6.91. The molecule has 3 heterocycles. The van der Waals surface area contributed by atoms with Gasteiger partial charge in [-0.05, 0) is 81.8 Å². The van der Waals surface area contributed by atoms with Crippen LogP contribution < -0.4 is 0 Å². The second-order valence-corrected chi connectivity index (χ2v) is 12.5. The van der Waals surface area contributed by atoms with Crippen molar-refractivity contribution >= 4 is 5.97 Å². The van der Waals surface area contributed by atoms with Crippen LogP contribution in [-0.2, 0) is 23.2 Å². The fourth-order valence-corrected chi connectivity index (χ4v) is 7.70. The molecule has 6 heteroatoms. The number of rotatable bonds is 10. The van der Waals surface area contributed by atoms with Crippen LogP contribution in [-0.4, -0.2) is 69.4 Å². The van der Waals surface area contributed by atoms with Gasteiger partial charge in [0.25, 0.3) is 0 Å². The first kappa shape index (κ1) is 27.2. The summed E-state index contributed by atoms with van der Waals surface area (Å²) in [4.78, 5) is 16.7. The normalized spacial score (nSPS) is 26.1. The number of benzene rings is 2. The van der Waals surface area contributed by atoms with Crippen molar-refractivity contribution in [2.75, 3.05) is 32.7 Å². The second-order valence-electron chi connectivity index (χ2n) is 12.5. The monoisotopic (exact) mass is 540 g/mol. The largest absolute Gasteiger partial charge is 0.481 e. The van der Waals surface area contributed by atoms with Crippen molar-refractivity contribution in [3.63, 3.8) is 0 Å². The Morgan fingerprint density at radius 1 is 0.975 bits per heavy atom. The predicted molar refractivity (Wildman–Crippen MR) is 159 cm³/mol. The van der Waals surface area contributed by atoms with Gasteiger partial charge < -0.3 is 10.0 Å². The highest BCUT2D eigenvalue weighted by molar-refractivity contribution is 5.67. The maximum Gasteiger partial charge on any atom is 0.303 e. The lowest BCUT2D eigenvalue weighted by Gasteiger charge is -2.44. The van der Waals surface area contributed by atoms with Crippen molar-refractivity contribution in [3.05, 3.63) is 89.2 Å². The van der Waals surface area contributed by atoms with E-state index in [0.717, 1.165) is 65.0 Å². The van der Waals surface area contributed by atoms with Crippen LogP contribution >= 0.6 is 0 Å². The summed E-state index contributed by atoms with van der Waals surface area (Å²) in [6.45, 7) is 8.57. The third kappa shape index (κ3) is 5.75. The first-order valence-electron chi connectivity index (χ1n) is 15.4. The Hall–Kier alpha value is -2.96. The van der Waals surface area contributed by atoms with E-state index in [4.69, 9.17) is 5.10 Å². The summed E-state index contributed by atoms with van der Waals surface area (Å²) in [5.74, 6) is 0.227. The number of aryl methyl sites for hydroxylation is 1. The number of likely N-dealkylation sites (tertiary alicyclic amines) is 2. The molecule has 2 aliphatic heterocycles. The first-order chi connectivity index (χ1) is 19.5. The Morgan fingerprint density at radius 3 is 2.35 bits per heavy atom. The number of carboxylic acid groups (broad SMARTS) is 1. The number of hydrogen-bond donors (Lipinski definition) is 1. The van der Waals surface area contributed by atoms with E-state index in [2.05, 4.69) is 88.1 Å². The molecule has 2 aromatic carbocycles. The summed E-state index contributed by atoms with van der Waals surface area (Å²) in [7, 11) is 0. The molecular weight excluding hydrogens is 496 g/mol. The molecule has 3 aliphatic rings. The minimum Gasteiger partial charge on any atom is -0.481 e. The molecule has 0 bridgehead atoms. The molecule has 0 radical (unpaired) electrons. The van der Waals surface area contributed by atoms with Gasteiger partial charge in [-0.3, -0.25) is 14.4 Å². The topological polar surface area (TPSA) is 61.6 Å². The van der Waals surface area contributed by atoms with Gasteiger partial charge in [-0.25, -0.2) is 0 Å². The number of carboxylic acids is 1. The van der Waals surface area contributed by atoms with Gasteiger partial charge >= 0.3 is 5.97 Å². The van der Waals surface area contributed by atoms with E-state index in [1.54, 1.807) is 0 Å². The van der Waals surface area contributed by atoms with Crippen molar-refractivity contribution in [3.8, 4) is 0 Å². The van der Waals surface area contributed by atoms with Gasteiger partial charge in [0, 0.05) is 55.5 Å². The Balaban J connectivity index is 1.12. The van der Waals surface area contributed by atoms with Crippen LogP contribution in [0.1, 0.15) is 73.9 Å². The van der Waals surface area contributed by atoms with Gasteiger partial charge in [-0.1, -0.05) is 60.7 Å². The zero-order valence-corrected chi connectivity index (χ0v) is 23.9. The highest BCUT2D eigenvalue weighted by Crippen LogP contribution is 2.43. The van der Waals surface area contributed by atoms with Crippen molar-refractivity contribution in [1.29, 1.82) is 0 Å². The Labute approximate surface area is 239 Å². The lowest BCUT2D eigenvalue weighted by molar-refractivity contribution is -0.139. The van der Waals surface area contributed by atoms with Crippen molar-refractivity contribution < 1.29 is 9.90 Å². The lowest BCUT2D eigenvalue weighted by atomic mass is 9.75. The number of nitrogens with zero attached hydrogens (tertiary/aromatic N) is 4. The smallest absolute Gasteiger partial charge is 0.303 e. The van der Waals surface area contributed by atoms with E-state index in [1.165, 1.54) is 35.4 Å². The van der Waals surface area contributed by atoms with Crippen molar-refractivity contribution in [2.24, 2.45) is 5.92 Å². The highest BCUT2D eigenvalue weighted by Gasteiger charge is 2.47. The molecule has 3 fully saturated rings. The summed E-state index contributed by atoms with van der Waals surface area (Å²) >= 11 is 0. The maximum atomic E-state index is 11.4. The SMILES string of the molecule is CCn1nc(Cc2ccccc2)cc1C1CCN(C[C@@]2(c3ccccc3)CCN([C@@H]3CCC3CC(=O)O)C2)CC1. The first-order valence-corrected chi connectivity index (χ1v) is 15.4. The number of carbonyl (C=O) groups is 1. The number of piperidine rings is 1. The van der Waals surface area contributed by atoms with Gasteiger partial charge in [0.2, 0.25) is 0 Å². The predicted octanol–water partition coefficient (Wildman–Crippen LogP) is 5.57. The van der Waals surface area contributed by atoms with Crippen molar-refractivity contribution in [1.82, 2.24) is 19.6 Å². The Morgan fingerprint density at radius 2 is 1.70 bits per heavy atom. The van der Waals surface area contributed by atoms with Gasteiger partial charge in [-0.15, -0.1) is 0 Å². The Bertz CT molecular complexity index is 1270. The average Bonchev–Trinajstić information content (AvgIpc) is 3.57. The highest BCUT2D eigenvalue weighted by atomic mass is 16.4. The third-order valence-electron chi connectivity index (χ3n) is 9.97. The minimum absolute atomic E-state index is 0.117. The molecule has 3 atom stereocenters. The van der Waals surface area contributed by atoms with Crippen LogP contribution in [0.4, 0.5) is 0 Å². The molecule has 1 N–H and O–H groups in total. The molecule has 0 amide bonds. The fraction of sp³-hybridized carbons (Fsp3) is 0.529. The summed E-state index contributed by atoms with van der Waals surface area (Å²) in [5.41, 5.74) is 5.47. The zero-order chi connectivity index (χ0) is 27.5. The molecule has 3 aromatic rings. The van der Waals surface area contributed by atoms with E-state index >= 15 is 0 Å². The minimum atomic E-state index is -0.650. The van der Waals surface area contributed by atoms with E-state index in [-0.39, 0.29) is 5.41 Å². The van der Waals surface area contributed by atoms with E-state index in [0.29, 0.717) is 24.3 Å². The fourth-order valence-electron chi connectivity index (χ4n) is 7.70. The molecule has 2 saturated heterocycles. The van der Waals surface area contributed by atoms with Crippen LogP contribution in [0.3, 0.4) is 0 Å². The van der Waals surface area contributed by atoms with Crippen LogP contribution in [0.15, 0.2) is 66.7 Å². The molecule has 1 unspecified atom stereocenters. The van der Waals surface area contributed by atoms with Crippen LogP contribution in [0.2, 0.25) is 0 Å². The number of hydrogen-bond acceptors (Lipinski definition) is 4. The van der Waals surface area contributed by atoms with Crippen LogP contribution in [0.5, 0.6) is 0 Å². The molecule has 40 heavy (non-hydrogen) atoms. The van der Waals surface area contributed by atoms with Gasteiger partial charge in [-0.2, -0.15) is 5.10 Å². The van der Waals surface area contributed by atoms with E-state index < -0.39 is 5.97 Å². The van der Waals surface area contributed by atoms with Crippen molar-refractivity contribution in [2.45, 2.75) is 75.8 Å². The maximum absolute atomic E-state index is 11.4. The molecular formula is C34H44N4O2. The average molecular weight is 541 g/mol. The second kappa shape index (κ2) is 11.9. The zero-order valence-electron chi connectivity index (χ0n) is 23.9. The summed E-state index contributed by atoms with van der Waals surface area (Å²) in [6, 6.07) is 24.6. The Kier molecular flexibility index (Phi) is 8.08.